The highest BCUT2D eigenvalue weighted by Gasteiger charge is 2.36. The number of hydrogen-bond acceptors (Lipinski definition) is 4. The summed E-state index contributed by atoms with van der Waals surface area (Å²) in [5.74, 6) is -4.61. The molecule has 0 spiro atoms. The lowest BCUT2D eigenvalue weighted by Crippen LogP contribution is -2.32. The molecule has 0 bridgehead atoms. The number of hydrogen-bond donors (Lipinski definition) is 0. The molecule has 0 fully saturated rings. The molecule has 0 saturated carbocycles. The summed E-state index contributed by atoms with van der Waals surface area (Å²) in [4.78, 5) is 64.5. The van der Waals surface area contributed by atoms with Crippen molar-refractivity contribution in [2.75, 3.05) is 0 Å². The number of aliphatic imine (C=N–C) groups is 4. The lowest BCUT2D eigenvalue weighted by atomic mass is 9.85. The van der Waals surface area contributed by atoms with E-state index in [1.165, 1.54) is 24.9 Å². The van der Waals surface area contributed by atoms with Crippen LogP contribution < -0.4 is 0 Å². The molecule has 0 aromatic heterocycles. The van der Waals surface area contributed by atoms with E-state index in [0.29, 0.717) is 25.7 Å². The molecule has 2 atom stereocenters. The second kappa shape index (κ2) is 15.4. The highest BCUT2D eigenvalue weighted by Crippen LogP contribution is 2.24. The van der Waals surface area contributed by atoms with Crippen LogP contribution >= 0.6 is 0 Å². The number of carbonyl (C=O) groups is 4. The Kier molecular flexibility index (Phi) is 14.0. The summed E-state index contributed by atoms with van der Waals surface area (Å²) >= 11 is 0. The van der Waals surface area contributed by atoms with Crippen molar-refractivity contribution in [3.8, 4) is 0 Å². The molecule has 8 nitrogen and oxygen atoms in total. The maximum Gasteiger partial charge on any atom is 0.249 e. The van der Waals surface area contributed by atoms with E-state index in [4.69, 9.17) is 0 Å². The third kappa shape index (κ3) is 10.5. The Balaban J connectivity index is 5.86. The van der Waals surface area contributed by atoms with Crippen LogP contribution in [0.2, 0.25) is 0 Å². The van der Waals surface area contributed by atoms with E-state index in [0.717, 1.165) is 0 Å². The summed E-state index contributed by atoms with van der Waals surface area (Å²) in [7, 11) is 0. The van der Waals surface area contributed by atoms with Crippen molar-refractivity contribution in [3.63, 3.8) is 0 Å². The second-order valence-electron chi connectivity index (χ2n) is 5.96. The Bertz CT molecular complexity index is 595. The fourth-order valence-electron chi connectivity index (χ4n) is 2.23. The van der Waals surface area contributed by atoms with Gasteiger partial charge in [0.15, 0.2) is 0 Å². The third-order valence-electron chi connectivity index (χ3n) is 3.55. The summed E-state index contributed by atoms with van der Waals surface area (Å²) in [6.07, 6.45) is 7.20. The minimum absolute atomic E-state index is 0.320. The van der Waals surface area contributed by atoms with Gasteiger partial charge in [0.05, 0.1) is 11.8 Å². The molecule has 28 heavy (non-hydrogen) atoms. The Morgan fingerprint density at radius 2 is 0.857 bits per heavy atom. The topological polar surface area (TPSA) is 118 Å². The van der Waals surface area contributed by atoms with Crippen molar-refractivity contribution in [2.45, 2.75) is 66.2 Å². The predicted molar refractivity (Wildman–Crippen MR) is 111 cm³/mol. The fraction of sp³-hybridized carbons (Fsp3) is 0.600. The molecule has 0 aliphatic heterocycles. The molecule has 0 heterocycles. The van der Waals surface area contributed by atoms with Crippen molar-refractivity contribution in [1.29, 1.82) is 0 Å². The van der Waals surface area contributed by atoms with Gasteiger partial charge in [0.25, 0.3) is 0 Å². The summed E-state index contributed by atoms with van der Waals surface area (Å²) < 4.78 is 0. The zero-order valence-electron chi connectivity index (χ0n) is 17.1. The van der Waals surface area contributed by atoms with Crippen LogP contribution in [0.3, 0.4) is 0 Å². The van der Waals surface area contributed by atoms with Crippen LogP contribution in [0.15, 0.2) is 20.0 Å². The summed E-state index contributed by atoms with van der Waals surface area (Å²) in [5.41, 5.74) is 0. The quantitative estimate of drug-likeness (QED) is 0.504. The molecule has 0 aliphatic carbocycles. The Hall–Kier alpha value is -2.64. The van der Waals surface area contributed by atoms with Crippen LogP contribution in [-0.4, -0.2) is 48.5 Å². The van der Waals surface area contributed by atoms with E-state index in [2.05, 4.69) is 20.0 Å². The van der Waals surface area contributed by atoms with E-state index in [1.807, 2.05) is 13.8 Å². The van der Waals surface area contributed by atoms with Crippen molar-refractivity contribution in [3.05, 3.63) is 0 Å². The lowest BCUT2D eigenvalue weighted by molar-refractivity contribution is -0.136. The van der Waals surface area contributed by atoms with Gasteiger partial charge < -0.3 is 0 Å². The van der Waals surface area contributed by atoms with E-state index < -0.39 is 35.5 Å². The van der Waals surface area contributed by atoms with Crippen LogP contribution in [-0.2, 0) is 19.2 Å². The van der Waals surface area contributed by atoms with Gasteiger partial charge in [-0.1, -0.05) is 27.7 Å². The maximum atomic E-state index is 12.6. The Morgan fingerprint density at radius 3 is 1.14 bits per heavy atom. The molecule has 4 amide bonds. The molecule has 8 heteroatoms. The van der Waals surface area contributed by atoms with E-state index >= 15 is 0 Å². The van der Waals surface area contributed by atoms with E-state index in [-0.39, 0.29) is 12.8 Å². The van der Waals surface area contributed by atoms with E-state index in [1.54, 1.807) is 13.8 Å². The normalized spacial score (nSPS) is 14.3. The van der Waals surface area contributed by atoms with Crippen molar-refractivity contribution in [2.24, 2.45) is 31.8 Å². The first-order valence-corrected chi connectivity index (χ1v) is 9.64. The zero-order chi connectivity index (χ0) is 21.4. The maximum absolute atomic E-state index is 12.6. The van der Waals surface area contributed by atoms with Gasteiger partial charge in [-0.2, -0.15) is 0 Å². The third-order valence-corrected chi connectivity index (χ3v) is 3.55. The molecule has 2 unspecified atom stereocenters. The van der Waals surface area contributed by atoms with Gasteiger partial charge in [0.1, 0.15) is 0 Å². The monoisotopic (exact) mass is 390 g/mol. The molecule has 0 aliphatic rings. The molecular formula is C20H30N4O4. The molecule has 0 rings (SSSR count). The van der Waals surface area contributed by atoms with Gasteiger partial charge >= 0.3 is 0 Å². The molecule has 154 valence electrons. The summed E-state index contributed by atoms with van der Waals surface area (Å²) in [6, 6.07) is 0. The first-order chi connectivity index (χ1) is 13.4. The SMILES string of the molecule is CCC=NC(=O)CC(C(=O)N=CCC)C(CC(=O)N=CCC)C(=O)N=CCC. The van der Waals surface area contributed by atoms with Crippen molar-refractivity contribution >= 4 is 48.5 Å². The van der Waals surface area contributed by atoms with Crippen LogP contribution in [0.1, 0.15) is 66.2 Å². The molecular weight excluding hydrogens is 360 g/mol. The number of rotatable bonds is 11. The first kappa shape index (κ1) is 25.4. The first-order valence-electron chi connectivity index (χ1n) is 9.64. The molecule has 0 N–H and O–H groups in total. The lowest BCUT2D eigenvalue weighted by Gasteiger charge is -2.19. The van der Waals surface area contributed by atoms with Gasteiger partial charge in [-0.05, 0) is 25.7 Å². The minimum Gasteiger partial charge on any atom is -0.273 e. The van der Waals surface area contributed by atoms with Gasteiger partial charge in [0.2, 0.25) is 23.6 Å². The van der Waals surface area contributed by atoms with Crippen molar-refractivity contribution < 1.29 is 19.2 Å². The van der Waals surface area contributed by atoms with Gasteiger partial charge in [0, 0.05) is 37.7 Å². The van der Waals surface area contributed by atoms with Crippen molar-refractivity contribution in [1.82, 2.24) is 0 Å². The number of amides is 4. The average Bonchev–Trinajstić information content (AvgIpc) is 2.69. The Labute approximate surface area is 166 Å². The van der Waals surface area contributed by atoms with Gasteiger partial charge in [-0.25, -0.2) is 20.0 Å². The molecule has 0 aromatic rings. The smallest absolute Gasteiger partial charge is 0.249 e. The standard InChI is InChI=1S/C20H30N4O4/c1-5-9-21-17(25)13-15(19(27)23-11-7-3)16(20(28)24-12-8-4)14-18(26)22-10-6-2/h9-12,15-16H,5-8,13-14H2,1-4H3. The summed E-state index contributed by atoms with van der Waals surface area (Å²) in [5, 5.41) is 0. The molecule has 0 radical (unpaired) electrons. The van der Waals surface area contributed by atoms with Crippen LogP contribution in [0.25, 0.3) is 0 Å². The molecule has 0 saturated heterocycles. The Morgan fingerprint density at radius 1 is 0.571 bits per heavy atom. The van der Waals surface area contributed by atoms with Gasteiger partial charge in [-0.3, -0.25) is 19.2 Å². The minimum atomic E-state index is -1.12. The van der Waals surface area contributed by atoms with Gasteiger partial charge in [-0.15, -0.1) is 0 Å². The fourth-order valence-corrected chi connectivity index (χ4v) is 2.23. The summed E-state index contributed by atoms with van der Waals surface area (Å²) in [6.45, 7) is 7.25. The number of carbonyl (C=O) groups excluding carboxylic acids is 4. The van der Waals surface area contributed by atoms with Crippen LogP contribution in [0.4, 0.5) is 0 Å². The molecule has 0 aromatic carbocycles. The highest BCUT2D eigenvalue weighted by molar-refractivity contribution is 5.99. The highest BCUT2D eigenvalue weighted by atomic mass is 16.2. The largest absolute Gasteiger partial charge is 0.273 e. The van der Waals surface area contributed by atoms with Crippen LogP contribution in [0, 0.1) is 11.8 Å². The zero-order valence-corrected chi connectivity index (χ0v) is 17.1. The van der Waals surface area contributed by atoms with E-state index in [9.17, 15) is 19.2 Å². The average molecular weight is 390 g/mol. The number of nitrogens with zero attached hydrogens (tertiary/aromatic N) is 4. The van der Waals surface area contributed by atoms with Crippen LogP contribution in [0.5, 0.6) is 0 Å². The predicted octanol–water partition coefficient (Wildman–Crippen LogP) is 3.03. The second-order valence-corrected chi connectivity index (χ2v) is 5.96.